The van der Waals surface area contributed by atoms with Crippen LogP contribution in [0.4, 0.5) is 5.69 Å². The molecule has 0 unspecified atom stereocenters. The van der Waals surface area contributed by atoms with E-state index in [1.54, 1.807) is 0 Å². The number of hydrogen-bond acceptors (Lipinski definition) is 1. The van der Waals surface area contributed by atoms with Gasteiger partial charge < -0.3 is 0 Å². The minimum absolute atomic E-state index is 0.978. The lowest BCUT2D eigenvalue weighted by Gasteiger charge is -2.06. The monoisotopic (exact) mass is 221 g/mol. The highest BCUT2D eigenvalue weighted by Gasteiger charge is 2.14. The molecule has 2 aromatic rings. The zero-order valence-electron chi connectivity index (χ0n) is 9.98. The van der Waals surface area contributed by atoms with Crippen molar-refractivity contribution in [3.8, 4) is 0 Å². The summed E-state index contributed by atoms with van der Waals surface area (Å²) in [7, 11) is 0. The van der Waals surface area contributed by atoms with Crippen molar-refractivity contribution in [2.45, 2.75) is 19.8 Å². The van der Waals surface area contributed by atoms with Gasteiger partial charge >= 0.3 is 0 Å². The maximum Gasteiger partial charge on any atom is 0.0668 e. The quantitative estimate of drug-likeness (QED) is 0.686. The number of hydrogen-bond donors (Lipinski definition) is 0. The van der Waals surface area contributed by atoms with E-state index in [1.165, 1.54) is 22.4 Å². The molecule has 17 heavy (non-hydrogen) atoms. The van der Waals surface area contributed by atoms with Gasteiger partial charge in [0, 0.05) is 12.1 Å². The van der Waals surface area contributed by atoms with Crippen LogP contribution in [0.2, 0.25) is 0 Å². The molecular weight excluding hydrogens is 206 g/mol. The Hall–Kier alpha value is -1.89. The molecular formula is C16H15N. The third-order valence-electron chi connectivity index (χ3n) is 3.29. The Labute approximate surface area is 102 Å². The maximum absolute atomic E-state index is 4.82. The first kappa shape index (κ1) is 10.3. The Kier molecular flexibility index (Phi) is 2.52. The average Bonchev–Trinajstić information content (AvgIpc) is 2.54. The topological polar surface area (TPSA) is 12.4 Å². The smallest absolute Gasteiger partial charge is 0.0668 e. The molecule has 0 aliphatic carbocycles. The lowest BCUT2D eigenvalue weighted by molar-refractivity contribution is 1.19. The highest BCUT2D eigenvalue weighted by atomic mass is 14.8. The third-order valence-corrected chi connectivity index (χ3v) is 3.29. The third kappa shape index (κ3) is 1.78. The molecule has 1 aliphatic heterocycles. The molecule has 0 aromatic heterocycles. The Morgan fingerprint density at radius 3 is 2.47 bits per heavy atom. The molecule has 0 saturated heterocycles. The van der Waals surface area contributed by atoms with E-state index >= 15 is 0 Å². The van der Waals surface area contributed by atoms with Gasteiger partial charge in [0.05, 0.1) is 5.69 Å². The van der Waals surface area contributed by atoms with Crippen LogP contribution >= 0.6 is 0 Å². The summed E-state index contributed by atoms with van der Waals surface area (Å²) in [5, 5.41) is 0. The molecule has 0 bridgehead atoms. The van der Waals surface area contributed by atoms with E-state index in [4.69, 9.17) is 4.99 Å². The van der Waals surface area contributed by atoms with Gasteiger partial charge in [-0.05, 0) is 29.2 Å². The maximum atomic E-state index is 4.82. The van der Waals surface area contributed by atoms with Crippen molar-refractivity contribution in [3.63, 3.8) is 0 Å². The lowest BCUT2D eigenvalue weighted by atomic mass is 9.97. The number of benzene rings is 2. The molecule has 2 aromatic carbocycles. The van der Waals surface area contributed by atoms with Gasteiger partial charge in [-0.25, -0.2) is 0 Å². The van der Waals surface area contributed by atoms with Crippen molar-refractivity contribution in [1.82, 2.24) is 0 Å². The van der Waals surface area contributed by atoms with Gasteiger partial charge in [0.1, 0.15) is 0 Å². The number of nitrogens with zero attached hydrogens (tertiary/aromatic N) is 1. The molecule has 3 rings (SSSR count). The summed E-state index contributed by atoms with van der Waals surface area (Å²) in [6.45, 7) is 2.17. The molecule has 84 valence electrons. The Balaban J connectivity index is 2.24. The van der Waals surface area contributed by atoms with Gasteiger partial charge in [0.2, 0.25) is 0 Å². The zero-order chi connectivity index (χ0) is 11.7. The van der Waals surface area contributed by atoms with Crippen LogP contribution in [0.3, 0.4) is 0 Å². The van der Waals surface area contributed by atoms with E-state index in [1.807, 2.05) is 0 Å². The first-order valence-electron chi connectivity index (χ1n) is 6.12. The normalized spacial score (nSPS) is 13.4. The molecule has 0 spiro atoms. The van der Waals surface area contributed by atoms with Crippen LogP contribution in [0, 0.1) is 0 Å². The summed E-state index contributed by atoms with van der Waals surface area (Å²) in [5.41, 5.74) is 6.35. The molecule has 1 heteroatoms. The Morgan fingerprint density at radius 2 is 1.65 bits per heavy atom. The van der Waals surface area contributed by atoms with Crippen molar-refractivity contribution in [1.29, 1.82) is 0 Å². The molecule has 0 radical (unpaired) electrons. The SMILES string of the molecule is CCC1=Nc2ccccc2Cc2ccccc21. The zero-order valence-corrected chi connectivity index (χ0v) is 9.98. The highest BCUT2D eigenvalue weighted by Crippen LogP contribution is 2.29. The molecule has 0 saturated carbocycles. The summed E-state index contributed by atoms with van der Waals surface area (Å²) < 4.78 is 0. The highest BCUT2D eigenvalue weighted by molar-refractivity contribution is 6.04. The van der Waals surface area contributed by atoms with E-state index in [2.05, 4.69) is 55.5 Å². The summed E-state index contributed by atoms with van der Waals surface area (Å²) in [6, 6.07) is 17.0. The van der Waals surface area contributed by atoms with Crippen molar-refractivity contribution in [3.05, 3.63) is 65.2 Å². The van der Waals surface area contributed by atoms with Gasteiger partial charge in [-0.2, -0.15) is 0 Å². The summed E-state index contributed by atoms with van der Waals surface area (Å²) in [5.74, 6) is 0. The van der Waals surface area contributed by atoms with E-state index in [-0.39, 0.29) is 0 Å². The first-order chi connectivity index (χ1) is 8.38. The molecule has 1 nitrogen and oxygen atoms in total. The predicted molar refractivity (Wildman–Crippen MR) is 72.2 cm³/mol. The number of rotatable bonds is 1. The van der Waals surface area contributed by atoms with Crippen LogP contribution in [0.25, 0.3) is 0 Å². The van der Waals surface area contributed by atoms with Crippen molar-refractivity contribution in [2.24, 2.45) is 4.99 Å². The average molecular weight is 221 g/mol. The van der Waals surface area contributed by atoms with Crippen molar-refractivity contribution >= 4 is 11.4 Å². The van der Waals surface area contributed by atoms with E-state index in [0.717, 1.165) is 18.5 Å². The molecule has 1 aliphatic rings. The fourth-order valence-corrected chi connectivity index (χ4v) is 2.41. The predicted octanol–water partition coefficient (Wildman–Crippen LogP) is 4.12. The fraction of sp³-hybridized carbons (Fsp3) is 0.188. The van der Waals surface area contributed by atoms with Gasteiger partial charge in [0.25, 0.3) is 0 Å². The lowest BCUT2D eigenvalue weighted by Crippen LogP contribution is -2.01. The summed E-state index contributed by atoms with van der Waals surface area (Å²) >= 11 is 0. The number of fused-ring (bicyclic) bond motifs is 2. The van der Waals surface area contributed by atoms with Crippen LogP contribution in [0.5, 0.6) is 0 Å². The van der Waals surface area contributed by atoms with Crippen LogP contribution in [0.15, 0.2) is 53.5 Å². The van der Waals surface area contributed by atoms with Crippen LogP contribution in [-0.4, -0.2) is 5.71 Å². The van der Waals surface area contributed by atoms with Crippen LogP contribution in [-0.2, 0) is 6.42 Å². The minimum Gasteiger partial charge on any atom is -0.253 e. The van der Waals surface area contributed by atoms with Crippen molar-refractivity contribution < 1.29 is 0 Å². The van der Waals surface area contributed by atoms with E-state index in [9.17, 15) is 0 Å². The van der Waals surface area contributed by atoms with E-state index in [0.29, 0.717) is 0 Å². The Morgan fingerprint density at radius 1 is 0.941 bits per heavy atom. The van der Waals surface area contributed by atoms with Gasteiger partial charge in [-0.3, -0.25) is 4.99 Å². The number of para-hydroxylation sites is 1. The minimum atomic E-state index is 0.978. The first-order valence-corrected chi connectivity index (χ1v) is 6.12. The molecule has 0 amide bonds. The van der Waals surface area contributed by atoms with Gasteiger partial charge in [-0.15, -0.1) is 0 Å². The van der Waals surface area contributed by atoms with Crippen molar-refractivity contribution in [2.75, 3.05) is 0 Å². The standard InChI is InChI=1S/C16H15N/c1-2-15-14-9-5-3-7-12(14)11-13-8-4-6-10-16(13)17-15/h3-10H,2,11H2,1H3. The fourth-order valence-electron chi connectivity index (χ4n) is 2.41. The summed E-state index contributed by atoms with van der Waals surface area (Å²) in [4.78, 5) is 4.82. The van der Waals surface area contributed by atoms with Crippen LogP contribution in [0.1, 0.15) is 30.0 Å². The summed E-state index contributed by atoms with van der Waals surface area (Å²) in [6.07, 6.45) is 1.96. The van der Waals surface area contributed by atoms with E-state index < -0.39 is 0 Å². The van der Waals surface area contributed by atoms with Gasteiger partial charge in [-0.1, -0.05) is 49.4 Å². The second-order valence-electron chi connectivity index (χ2n) is 4.37. The molecule has 0 atom stereocenters. The number of aliphatic imine (C=N–C) groups is 1. The molecule has 0 fully saturated rings. The second-order valence-corrected chi connectivity index (χ2v) is 4.37. The Bertz CT molecular complexity index is 582. The van der Waals surface area contributed by atoms with Gasteiger partial charge in [0.15, 0.2) is 0 Å². The molecule has 1 heterocycles. The largest absolute Gasteiger partial charge is 0.253 e. The molecule has 0 N–H and O–H groups in total. The van der Waals surface area contributed by atoms with Crippen LogP contribution < -0.4 is 0 Å². The second kappa shape index (κ2) is 4.17.